The van der Waals surface area contributed by atoms with Crippen LogP contribution in [0.4, 0.5) is 5.69 Å². The summed E-state index contributed by atoms with van der Waals surface area (Å²) in [6, 6.07) is 8.62. The molecule has 1 aromatic carbocycles. The van der Waals surface area contributed by atoms with Crippen LogP contribution in [0, 0.1) is 17.2 Å². The van der Waals surface area contributed by atoms with Crippen LogP contribution >= 0.6 is 12.4 Å². The van der Waals surface area contributed by atoms with Crippen molar-refractivity contribution in [3.8, 4) is 6.07 Å². The minimum atomic E-state index is 0. The molecule has 1 N–H and O–H groups in total. The Balaban J connectivity index is 0.00000200. The lowest BCUT2D eigenvalue weighted by molar-refractivity contribution is 0.647. The largest absolute Gasteiger partial charge is 0.369 e. The molecule has 0 atom stereocenters. The molecule has 4 heteroatoms. The SMILES string of the molecule is CC(C)Cc1ccc(C#N)c(N2CCCNCC2)c1.Cl. The number of hydrogen-bond acceptors (Lipinski definition) is 3. The van der Waals surface area contributed by atoms with Gasteiger partial charge in [0.05, 0.1) is 11.3 Å². The third kappa shape index (κ3) is 4.40. The van der Waals surface area contributed by atoms with Crippen molar-refractivity contribution < 1.29 is 0 Å². The van der Waals surface area contributed by atoms with Gasteiger partial charge in [0.15, 0.2) is 0 Å². The molecule has 1 fully saturated rings. The molecule has 0 unspecified atom stereocenters. The summed E-state index contributed by atoms with van der Waals surface area (Å²) in [6.07, 6.45) is 2.21. The summed E-state index contributed by atoms with van der Waals surface area (Å²) in [5, 5.41) is 12.7. The minimum absolute atomic E-state index is 0. The number of nitriles is 1. The molecule has 0 radical (unpaired) electrons. The van der Waals surface area contributed by atoms with E-state index in [0.717, 1.165) is 50.3 Å². The smallest absolute Gasteiger partial charge is 0.101 e. The molecule has 1 heterocycles. The van der Waals surface area contributed by atoms with Crippen LogP contribution in [-0.2, 0) is 6.42 Å². The van der Waals surface area contributed by atoms with Gasteiger partial charge >= 0.3 is 0 Å². The number of anilines is 1. The first-order chi connectivity index (χ1) is 9.20. The van der Waals surface area contributed by atoms with E-state index >= 15 is 0 Å². The van der Waals surface area contributed by atoms with E-state index in [0.29, 0.717) is 5.92 Å². The lowest BCUT2D eigenvalue weighted by Crippen LogP contribution is -2.28. The van der Waals surface area contributed by atoms with Crippen LogP contribution in [0.5, 0.6) is 0 Å². The number of benzene rings is 1. The van der Waals surface area contributed by atoms with Crippen LogP contribution < -0.4 is 10.2 Å². The van der Waals surface area contributed by atoms with Crippen LogP contribution in [0.1, 0.15) is 31.4 Å². The Morgan fingerprint density at radius 3 is 2.80 bits per heavy atom. The second kappa shape index (κ2) is 8.14. The molecule has 110 valence electrons. The number of halogens is 1. The zero-order chi connectivity index (χ0) is 13.7. The summed E-state index contributed by atoms with van der Waals surface area (Å²) < 4.78 is 0. The van der Waals surface area contributed by atoms with Crippen LogP contribution in [0.25, 0.3) is 0 Å². The van der Waals surface area contributed by atoms with Crippen LogP contribution in [0.15, 0.2) is 18.2 Å². The maximum absolute atomic E-state index is 9.30. The van der Waals surface area contributed by atoms with Gasteiger partial charge in [-0.3, -0.25) is 0 Å². The van der Waals surface area contributed by atoms with Gasteiger partial charge in [-0.15, -0.1) is 12.4 Å². The number of nitrogens with zero attached hydrogens (tertiary/aromatic N) is 2. The monoisotopic (exact) mass is 293 g/mol. The van der Waals surface area contributed by atoms with Crippen LogP contribution in [-0.4, -0.2) is 26.2 Å². The molecule has 1 aromatic rings. The molecule has 0 aliphatic carbocycles. The van der Waals surface area contributed by atoms with Crippen LogP contribution in [0.2, 0.25) is 0 Å². The van der Waals surface area contributed by atoms with Crippen molar-refractivity contribution in [3.63, 3.8) is 0 Å². The Bertz CT molecular complexity index is 457. The molecule has 0 aromatic heterocycles. The summed E-state index contributed by atoms with van der Waals surface area (Å²) >= 11 is 0. The first-order valence-electron chi connectivity index (χ1n) is 7.19. The molecule has 1 aliphatic heterocycles. The first-order valence-corrected chi connectivity index (χ1v) is 7.19. The normalized spacial score (nSPS) is 15.4. The molecule has 1 saturated heterocycles. The van der Waals surface area contributed by atoms with Crippen molar-refractivity contribution in [1.82, 2.24) is 5.32 Å². The molecule has 20 heavy (non-hydrogen) atoms. The predicted molar refractivity (Wildman–Crippen MR) is 86.6 cm³/mol. The maximum Gasteiger partial charge on any atom is 0.101 e. The van der Waals surface area contributed by atoms with Gasteiger partial charge in [-0.1, -0.05) is 19.9 Å². The number of rotatable bonds is 3. The van der Waals surface area contributed by atoms with Crippen molar-refractivity contribution in [2.45, 2.75) is 26.7 Å². The fraction of sp³-hybridized carbons (Fsp3) is 0.562. The van der Waals surface area contributed by atoms with Crippen molar-refractivity contribution in [2.24, 2.45) is 5.92 Å². The van der Waals surface area contributed by atoms with Gasteiger partial charge in [0.2, 0.25) is 0 Å². The van der Waals surface area contributed by atoms with Crippen molar-refractivity contribution in [3.05, 3.63) is 29.3 Å². The molecule has 1 aliphatic rings. The summed E-state index contributed by atoms with van der Waals surface area (Å²) in [4.78, 5) is 2.35. The van der Waals surface area contributed by atoms with E-state index in [2.05, 4.69) is 42.3 Å². The quantitative estimate of drug-likeness (QED) is 0.931. The highest BCUT2D eigenvalue weighted by Crippen LogP contribution is 2.24. The van der Waals surface area contributed by atoms with E-state index in [-0.39, 0.29) is 12.4 Å². The highest BCUT2D eigenvalue weighted by atomic mass is 35.5. The van der Waals surface area contributed by atoms with Crippen molar-refractivity contribution in [2.75, 3.05) is 31.1 Å². The molecule has 0 saturated carbocycles. The summed E-state index contributed by atoms with van der Waals surface area (Å²) in [5.74, 6) is 0.645. The zero-order valence-corrected chi connectivity index (χ0v) is 13.2. The Hall–Kier alpha value is -1.24. The maximum atomic E-state index is 9.30. The Morgan fingerprint density at radius 2 is 2.10 bits per heavy atom. The molecule has 2 rings (SSSR count). The standard InChI is InChI=1S/C16H23N3.ClH/c1-13(2)10-14-4-5-15(12-17)16(11-14)19-8-3-6-18-7-9-19;/h4-5,11,13,18H,3,6-10H2,1-2H3;1H. The summed E-state index contributed by atoms with van der Waals surface area (Å²) in [6.45, 7) is 8.55. The van der Waals surface area contributed by atoms with E-state index < -0.39 is 0 Å². The third-order valence-electron chi connectivity index (χ3n) is 3.51. The zero-order valence-electron chi connectivity index (χ0n) is 12.4. The molecular weight excluding hydrogens is 270 g/mol. The van der Waals surface area contributed by atoms with Gasteiger partial charge in [-0.25, -0.2) is 0 Å². The van der Waals surface area contributed by atoms with E-state index in [1.807, 2.05) is 6.07 Å². The summed E-state index contributed by atoms with van der Waals surface area (Å²) in [7, 11) is 0. The van der Waals surface area contributed by atoms with E-state index in [1.165, 1.54) is 5.56 Å². The third-order valence-corrected chi connectivity index (χ3v) is 3.51. The van der Waals surface area contributed by atoms with Gasteiger partial charge in [0.25, 0.3) is 0 Å². The average Bonchev–Trinajstić information content (AvgIpc) is 2.66. The Morgan fingerprint density at radius 1 is 1.30 bits per heavy atom. The fourth-order valence-corrected chi connectivity index (χ4v) is 2.62. The molecule has 0 spiro atoms. The second-order valence-corrected chi connectivity index (χ2v) is 5.65. The van der Waals surface area contributed by atoms with Crippen LogP contribution in [0.3, 0.4) is 0 Å². The number of nitrogens with one attached hydrogen (secondary N) is 1. The lowest BCUT2D eigenvalue weighted by Gasteiger charge is -2.24. The highest BCUT2D eigenvalue weighted by molar-refractivity contribution is 5.85. The molecule has 0 amide bonds. The Kier molecular flexibility index (Phi) is 6.84. The topological polar surface area (TPSA) is 39.1 Å². The van der Waals surface area contributed by atoms with Crippen molar-refractivity contribution >= 4 is 18.1 Å². The highest BCUT2D eigenvalue weighted by Gasteiger charge is 2.14. The van der Waals surface area contributed by atoms with Gasteiger partial charge in [0, 0.05) is 19.6 Å². The van der Waals surface area contributed by atoms with E-state index in [9.17, 15) is 5.26 Å². The van der Waals surface area contributed by atoms with E-state index in [4.69, 9.17) is 0 Å². The van der Waals surface area contributed by atoms with Crippen molar-refractivity contribution in [1.29, 1.82) is 5.26 Å². The van der Waals surface area contributed by atoms with Gasteiger partial charge in [-0.05, 0) is 43.0 Å². The Labute approximate surface area is 128 Å². The molecule has 0 bridgehead atoms. The molecule has 3 nitrogen and oxygen atoms in total. The first kappa shape index (κ1) is 16.8. The van der Waals surface area contributed by atoms with Gasteiger partial charge in [0.1, 0.15) is 6.07 Å². The fourth-order valence-electron chi connectivity index (χ4n) is 2.62. The molecular formula is C16H24ClN3. The minimum Gasteiger partial charge on any atom is -0.369 e. The average molecular weight is 294 g/mol. The lowest BCUT2D eigenvalue weighted by atomic mass is 10.00. The van der Waals surface area contributed by atoms with E-state index in [1.54, 1.807) is 0 Å². The number of hydrogen-bond donors (Lipinski definition) is 1. The van der Waals surface area contributed by atoms with Gasteiger partial charge in [-0.2, -0.15) is 5.26 Å². The predicted octanol–water partition coefficient (Wildman–Crippen LogP) is 2.98. The second-order valence-electron chi connectivity index (χ2n) is 5.65. The summed E-state index contributed by atoms with van der Waals surface area (Å²) in [5.41, 5.74) is 3.25. The van der Waals surface area contributed by atoms with Gasteiger partial charge < -0.3 is 10.2 Å².